The summed E-state index contributed by atoms with van der Waals surface area (Å²) in [6.45, 7) is -0.0803. The predicted octanol–water partition coefficient (Wildman–Crippen LogP) is 5.73. The van der Waals surface area contributed by atoms with E-state index in [0.29, 0.717) is 22.9 Å². The number of hydrogen-bond donors (Lipinski definition) is 1. The van der Waals surface area contributed by atoms with Gasteiger partial charge in [0.05, 0.1) is 4.91 Å². The maximum absolute atomic E-state index is 13.3. The van der Waals surface area contributed by atoms with E-state index in [0.717, 1.165) is 28.3 Å². The van der Waals surface area contributed by atoms with Gasteiger partial charge in [-0.15, -0.1) is 0 Å². The molecule has 1 N–H and O–H groups in total. The second-order valence-corrected chi connectivity index (χ2v) is 8.74. The van der Waals surface area contributed by atoms with Crippen LogP contribution in [0.3, 0.4) is 0 Å². The van der Waals surface area contributed by atoms with Gasteiger partial charge in [0.1, 0.15) is 24.7 Å². The number of carbonyl (C=O) groups is 3. The van der Waals surface area contributed by atoms with Gasteiger partial charge in [-0.2, -0.15) is 0 Å². The lowest BCUT2D eigenvalue weighted by Crippen LogP contribution is -2.36. The molecule has 1 heterocycles. The second-order valence-electron chi connectivity index (χ2n) is 7.31. The fraction of sp³-hybridized carbons (Fsp3) is 0.0800. The molecule has 1 aliphatic heterocycles. The first-order valence-corrected chi connectivity index (χ1v) is 11.3. The summed E-state index contributed by atoms with van der Waals surface area (Å²) in [7, 11) is 0. The summed E-state index contributed by atoms with van der Waals surface area (Å²) in [5.41, 5.74) is 1.92. The number of rotatable bonds is 7. The highest BCUT2D eigenvalue weighted by Crippen LogP contribution is 2.32. The molecule has 0 spiro atoms. The van der Waals surface area contributed by atoms with Gasteiger partial charge < -0.3 is 10.1 Å². The average Bonchev–Trinajstić information content (AvgIpc) is 3.07. The number of nitrogens with zero attached hydrogens (tertiary/aromatic N) is 1. The second kappa shape index (κ2) is 10.5. The Hall–Kier alpha value is -3.62. The highest BCUT2D eigenvalue weighted by atomic mass is 35.5. The summed E-state index contributed by atoms with van der Waals surface area (Å²) in [4.78, 5) is 38.2. The van der Waals surface area contributed by atoms with Gasteiger partial charge in [0.25, 0.3) is 11.1 Å². The largest absolute Gasteiger partial charge is 0.489 e. The normalized spacial score (nSPS) is 14.5. The quantitative estimate of drug-likeness (QED) is 0.422. The lowest BCUT2D eigenvalue weighted by atomic mass is 10.2. The number of halogens is 2. The number of anilines is 1. The van der Waals surface area contributed by atoms with Crippen molar-refractivity contribution in [3.8, 4) is 5.75 Å². The van der Waals surface area contributed by atoms with E-state index in [-0.39, 0.29) is 10.6 Å². The first-order valence-electron chi connectivity index (χ1n) is 10.2. The smallest absolute Gasteiger partial charge is 0.294 e. The van der Waals surface area contributed by atoms with E-state index >= 15 is 0 Å². The molecular weight excluding hydrogens is 479 g/mol. The Morgan fingerprint density at radius 1 is 1.06 bits per heavy atom. The number of nitrogens with one attached hydrogen (secondary N) is 1. The van der Waals surface area contributed by atoms with Crippen LogP contribution in [0, 0.1) is 5.82 Å². The van der Waals surface area contributed by atoms with Gasteiger partial charge in [0.15, 0.2) is 0 Å². The zero-order valence-electron chi connectivity index (χ0n) is 17.7. The lowest BCUT2D eigenvalue weighted by Gasteiger charge is -2.12. The van der Waals surface area contributed by atoms with Crippen LogP contribution in [-0.2, 0) is 16.2 Å². The molecular formula is C25H18ClFN2O4S. The third-order valence-electron chi connectivity index (χ3n) is 4.78. The van der Waals surface area contributed by atoms with Crippen LogP contribution in [0.2, 0.25) is 5.02 Å². The van der Waals surface area contributed by atoms with Crippen LogP contribution < -0.4 is 10.1 Å². The number of benzene rings is 3. The van der Waals surface area contributed by atoms with E-state index in [1.165, 1.54) is 18.2 Å². The SMILES string of the molecule is O=C(CN1C(=O)S/C(=C/c2ccc(OCc3ccc(Cl)cc3)cc2)C1=O)Nc1cccc(F)c1. The fourth-order valence-electron chi connectivity index (χ4n) is 3.11. The van der Waals surface area contributed by atoms with Gasteiger partial charge >= 0.3 is 0 Å². The van der Waals surface area contributed by atoms with Gasteiger partial charge in [-0.3, -0.25) is 19.3 Å². The molecule has 3 amide bonds. The number of thioether (sulfide) groups is 1. The minimum Gasteiger partial charge on any atom is -0.489 e. The van der Waals surface area contributed by atoms with Gasteiger partial charge in [0.2, 0.25) is 5.91 Å². The zero-order chi connectivity index (χ0) is 24.1. The van der Waals surface area contributed by atoms with Crippen molar-refractivity contribution >= 4 is 52.2 Å². The van der Waals surface area contributed by atoms with Gasteiger partial charge in [-0.25, -0.2) is 4.39 Å². The molecule has 0 radical (unpaired) electrons. The van der Waals surface area contributed by atoms with Crippen LogP contribution in [0.25, 0.3) is 6.08 Å². The molecule has 0 unspecified atom stereocenters. The number of hydrogen-bond acceptors (Lipinski definition) is 5. The summed E-state index contributed by atoms with van der Waals surface area (Å²) in [5, 5.41) is 2.58. The standard InChI is InChI=1S/C25H18ClFN2O4S/c26-18-8-4-17(5-9-18)15-33-21-10-6-16(7-11-21)12-22-24(31)29(25(32)34-22)14-23(30)28-20-3-1-2-19(27)13-20/h1-13H,14-15H2,(H,28,30)/b22-12+. The Morgan fingerprint density at radius 2 is 1.79 bits per heavy atom. The molecule has 1 aliphatic rings. The van der Waals surface area contributed by atoms with E-state index in [4.69, 9.17) is 16.3 Å². The van der Waals surface area contributed by atoms with E-state index in [1.54, 1.807) is 42.5 Å². The molecule has 34 heavy (non-hydrogen) atoms. The summed E-state index contributed by atoms with van der Waals surface area (Å²) >= 11 is 6.64. The number of carbonyl (C=O) groups excluding carboxylic acids is 3. The van der Waals surface area contributed by atoms with Crippen molar-refractivity contribution in [2.75, 3.05) is 11.9 Å². The summed E-state index contributed by atoms with van der Waals surface area (Å²) in [6.07, 6.45) is 1.58. The predicted molar refractivity (Wildman–Crippen MR) is 130 cm³/mol. The molecule has 1 saturated heterocycles. The third kappa shape index (κ3) is 6.03. The van der Waals surface area contributed by atoms with Crippen LogP contribution in [0.4, 0.5) is 14.9 Å². The first kappa shape index (κ1) is 23.5. The molecule has 3 aromatic carbocycles. The summed E-state index contributed by atoms with van der Waals surface area (Å²) in [5.74, 6) is -1.02. The zero-order valence-corrected chi connectivity index (χ0v) is 19.2. The van der Waals surface area contributed by atoms with E-state index in [1.807, 2.05) is 12.1 Å². The van der Waals surface area contributed by atoms with Crippen LogP contribution >= 0.6 is 23.4 Å². The van der Waals surface area contributed by atoms with E-state index in [2.05, 4.69) is 5.32 Å². The molecule has 0 aliphatic carbocycles. The molecule has 0 atom stereocenters. The van der Waals surface area contributed by atoms with Gasteiger partial charge in [0, 0.05) is 10.7 Å². The van der Waals surface area contributed by atoms with Crippen molar-refractivity contribution in [2.24, 2.45) is 0 Å². The van der Waals surface area contributed by atoms with Crippen molar-refractivity contribution in [1.82, 2.24) is 4.90 Å². The number of ether oxygens (including phenoxy) is 1. The van der Waals surface area contributed by atoms with Gasteiger partial charge in [-0.05, 0) is 71.4 Å². The molecule has 0 saturated carbocycles. The van der Waals surface area contributed by atoms with Crippen molar-refractivity contribution in [3.63, 3.8) is 0 Å². The first-order chi connectivity index (χ1) is 16.4. The third-order valence-corrected chi connectivity index (χ3v) is 5.94. The number of amides is 3. The maximum Gasteiger partial charge on any atom is 0.294 e. The fourth-order valence-corrected chi connectivity index (χ4v) is 4.07. The van der Waals surface area contributed by atoms with Crippen LogP contribution in [0.5, 0.6) is 5.75 Å². The summed E-state index contributed by atoms with van der Waals surface area (Å²) < 4.78 is 19.0. The highest BCUT2D eigenvalue weighted by molar-refractivity contribution is 8.18. The molecule has 9 heteroatoms. The lowest BCUT2D eigenvalue weighted by molar-refractivity contribution is -0.127. The molecule has 172 valence electrons. The van der Waals surface area contributed by atoms with Crippen molar-refractivity contribution < 1.29 is 23.5 Å². The Kier molecular flexibility index (Phi) is 7.30. The van der Waals surface area contributed by atoms with Crippen molar-refractivity contribution in [3.05, 3.63) is 99.7 Å². The van der Waals surface area contributed by atoms with Crippen LogP contribution in [0.15, 0.2) is 77.7 Å². The Balaban J connectivity index is 1.35. The molecule has 4 rings (SSSR count). The minimum atomic E-state index is -0.601. The van der Waals surface area contributed by atoms with Crippen LogP contribution in [0.1, 0.15) is 11.1 Å². The average molecular weight is 497 g/mol. The molecule has 3 aromatic rings. The Labute approximate surface area is 204 Å². The molecule has 1 fully saturated rings. The van der Waals surface area contributed by atoms with E-state index in [9.17, 15) is 18.8 Å². The summed E-state index contributed by atoms with van der Waals surface area (Å²) in [6, 6.07) is 19.8. The highest BCUT2D eigenvalue weighted by Gasteiger charge is 2.36. The van der Waals surface area contributed by atoms with E-state index < -0.39 is 29.4 Å². The Bertz CT molecular complexity index is 1260. The van der Waals surface area contributed by atoms with Crippen molar-refractivity contribution in [2.45, 2.75) is 6.61 Å². The van der Waals surface area contributed by atoms with Crippen molar-refractivity contribution in [1.29, 1.82) is 0 Å². The monoisotopic (exact) mass is 496 g/mol. The minimum absolute atomic E-state index is 0.207. The maximum atomic E-state index is 13.3. The Morgan fingerprint density at radius 3 is 2.50 bits per heavy atom. The topological polar surface area (TPSA) is 75.7 Å². The number of imide groups is 1. The molecule has 0 bridgehead atoms. The molecule has 0 aromatic heterocycles. The van der Waals surface area contributed by atoms with Crippen LogP contribution in [-0.4, -0.2) is 28.5 Å². The molecule has 6 nitrogen and oxygen atoms in total. The van der Waals surface area contributed by atoms with Gasteiger partial charge in [-0.1, -0.05) is 41.9 Å².